The molecule has 3 rings (SSSR count). The zero-order valence-corrected chi connectivity index (χ0v) is 15.5. The van der Waals surface area contributed by atoms with E-state index in [1.54, 1.807) is 17.2 Å². The molecule has 2 amide bonds. The first-order valence-electron chi connectivity index (χ1n) is 9.02. The van der Waals surface area contributed by atoms with E-state index in [1.807, 2.05) is 32.9 Å². The molecule has 1 heterocycles. The molecular formula is C19H26N4O3. The summed E-state index contributed by atoms with van der Waals surface area (Å²) in [5.74, 6) is -0.0949. The van der Waals surface area contributed by atoms with E-state index in [-0.39, 0.29) is 18.0 Å². The van der Waals surface area contributed by atoms with Gasteiger partial charge in [0.05, 0.1) is 11.7 Å². The highest BCUT2D eigenvalue weighted by atomic mass is 16.4. The second kappa shape index (κ2) is 6.97. The van der Waals surface area contributed by atoms with Gasteiger partial charge in [-0.15, -0.1) is 0 Å². The molecule has 140 valence electrons. The average Bonchev–Trinajstić information content (AvgIpc) is 3.02. The highest BCUT2D eigenvalue weighted by Gasteiger charge is 2.35. The van der Waals surface area contributed by atoms with Crippen LogP contribution in [-0.2, 0) is 0 Å². The van der Waals surface area contributed by atoms with E-state index in [1.165, 1.54) is 0 Å². The largest absolute Gasteiger partial charge is 0.465 e. The van der Waals surface area contributed by atoms with Crippen molar-refractivity contribution in [2.45, 2.75) is 64.1 Å². The number of carboxylic acid groups (broad SMARTS) is 1. The lowest BCUT2D eigenvalue weighted by atomic mass is 9.88. The van der Waals surface area contributed by atoms with Crippen LogP contribution in [0.5, 0.6) is 0 Å². The lowest BCUT2D eigenvalue weighted by Gasteiger charge is -2.42. The summed E-state index contributed by atoms with van der Waals surface area (Å²) in [6.45, 7) is 5.75. The predicted octanol–water partition coefficient (Wildman–Crippen LogP) is 3.38. The third-order valence-electron chi connectivity index (χ3n) is 5.03. The lowest BCUT2D eigenvalue weighted by molar-refractivity contribution is 0.0520. The van der Waals surface area contributed by atoms with E-state index in [4.69, 9.17) is 0 Å². The van der Waals surface area contributed by atoms with Crippen molar-refractivity contribution < 1.29 is 14.7 Å². The van der Waals surface area contributed by atoms with E-state index < -0.39 is 11.6 Å². The number of hydrogen-bond donors (Lipinski definition) is 3. The normalized spacial score (nSPS) is 20.7. The van der Waals surface area contributed by atoms with Gasteiger partial charge in [-0.25, -0.2) is 4.79 Å². The fraction of sp³-hybridized carbons (Fsp3) is 0.526. The Balaban J connectivity index is 1.59. The number of carbonyl (C=O) groups is 2. The van der Waals surface area contributed by atoms with Gasteiger partial charge in [-0.3, -0.25) is 9.89 Å². The molecule has 0 atom stereocenters. The number of H-pyrrole nitrogens is 1. The van der Waals surface area contributed by atoms with E-state index in [0.29, 0.717) is 5.56 Å². The molecule has 0 aliphatic heterocycles. The van der Waals surface area contributed by atoms with E-state index in [9.17, 15) is 14.7 Å². The Morgan fingerprint density at radius 2 is 1.92 bits per heavy atom. The van der Waals surface area contributed by atoms with Crippen LogP contribution < -0.4 is 5.32 Å². The standard InChI is InChI=1S/C19H26N4O3/c1-19(2,3)23(18(25)26)15-7-5-14(6-8-15)21-17(24)12-4-9-16-13(10-12)11-20-22-16/h4,9-11,14-15H,5-8H2,1-3H3,(H,20,22)(H,21,24)(H,25,26). The number of amides is 2. The summed E-state index contributed by atoms with van der Waals surface area (Å²) in [6.07, 6.45) is 3.90. The molecule has 1 fully saturated rings. The topological polar surface area (TPSA) is 98.3 Å². The molecule has 0 bridgehead atoms. The van der Waals surface area contributed by atoms with Gasteiger partial charge in [0, 0.05) is 28.6 Å². The molecule has 2 aromatic rings. The van der Waals surface area contributed by atoms with Gasteiger partial charge in [-0.1, -0.05) is 0 Å². The Labute approximate surface area is 152 Å². The first-order chi connectivity index (χ1) is 12.3. The SMILES string of the molecule is CC(C)(C)N(C(=O)O)C1CCC(NC(=O)c2ccc3[nH]ncc3c2)CC1. The molecule has 3 N–H and O–H groups in total. The number of hydrogen-bond acceptors (Lipinski definition) is 3. The van der Waals surface area contributed by atoms with Gasteiger partial charge in [0.15, 0.2) is 0 Å². The lowest BCUT2D eigenvalue weighted by Crippen LogP contribution is -2.53. The molecule has 0 unspecified atom stereocenters. The molecule has 7 heteroatoms. The Morgan fingerprint density at radius 1 is 1.23 bits per heavy atom. The smallest absolute Gasteiger partial charge is 0.407 e. The van der Waals surface area contributed by atoms with Crippen LogP contribution in [0, 0.1) is 0 Å². The summed E-state index contributed by atoms with van der Waals surface area (Å²) in [5.41, 5.74) is 1.09. The summed E-state index contributed by atoms with van der Waals surface area (Å²) in [5, 5.41) is 20.4. The third-order valence-corrected chi connectivity index (χ3v) is 5.03. The Kier molecular flexibility index (Phi) is 4.89. The van der Waals surface area contributed by atoms with Crippen molar-refractivity contribution in [1.29, 1.82) is 0 Å². The van der Waals surface area contributed by atoms with E-state index in [0.717, 1.165) is 36.6 Å². The zero-order chi connectivity index (χ0) is 18.9. The Hall–Kier alpha value is -2.57. The summed E-state index contributed by atoms with van der Waals surface area (Å²) in [7, 11) is 0. The van der Waals surface area contributed by atoms with Crippen LogP contribution in [0.4, 0.5) is 4.79 Å². The third kappa shape index (κ3) is 3.81. The number of aromatic nitrogens is 2. The highest BCUT2D eigenvalue weighted by molar-refractivity contribution is 5.98. The van der Waals surface area contributed by atoms with E-state index >= 15 is 0 Å². The number of benzene rings is 1. The molecule has 1 saturated carbocycles. The summed E-state index contributed by atoms with van der Waals surface area (Å²) in [6, 6.07) is 5.54. The van der Waals surface area contributed by atoms with Gasteiger partial charge in [-0.05, 0) is 64.7 Å². The van der Waals surface area contributed by atoms with Gasteiger partial charge >= 0.3 is 6.09 Å². The second-order valence-corrected chi connectivity index (χ2v) is 7.97. The second-order valence-electron chi connectivity index (χ2n) is 7.97. The van der Waals surface area contributed by atoms with Crippen LogP contribution in [0.1, 0.15) is 56.8 Å². The quantitative estimate of drug-likeness (QED) is 0.783. The summed E-state index contributed by atoms with van der Waals surface area (Å²) >= 11 is 0. The van der Waals surface area contributed by atoms with Crippen LogP contribution in [0.25, 0.3) is 10.9 Å². The van der Waals surface area contributed by atoms with Crippen LogP contribution in [0.15, 0.2) is 24.4 Å². The van der Waals surface area contributed by atoms with Crippen molar-refractivity contribution >= 4 is 22.9 Å². The minimum absolute atomic E-state index is 0.00272. The number of aromatic amines is 1. The molecule has 7 nitrogen and oxygen atoms in total. The van der Waals surface area contributed by atoms with Crippen molar-refractivity contribution in [3.63, 3.8) is 0 Å². The van der Waals surface area contributed by atoms with Gasteiger partial charge in [0.1, 0.15) is 0 Å². The Bertz CT molecular complexity index is 800. The molecule has 26 heavy (non-hydrogen) atoms. The first-order valence-corrected chi connectivity index (χ1v) is 9.02. The van der Waals surface area contributed by atoms with E-state index in [2.05, 4.69) is 15.5 Å². The predicted molar refractivity (Wildman–Crippen MR) is 99.2 cm³/mol. The number of carbonyl (C=O) groups excluding carboxylic acids is 1. The number of nitrogens with one attached hydrogen (secondary N) is 2. The minimum atomic E-state index is -0.876. The molecule has 1 aliphatic carbocycles. The van der Waals surface area contributed by atoms with Crippen molar-refractivity contribution in [2.75, 3.05) is 0 Å². The van der Waals surface area contributed by atoms with Gasteiger partial charge in [-0.2, -0.15) is 5.10 Å². The molecule has 0 radical (unpaired) electrons. The van der Waals surface area contributed by atoms with Crippen molar-refractivity contribution in [1.82, 2.24) is 20.4 Å². The first kappa shape index (κ1) is 18.2. The monoisotopic (exact) mass is 358 g/mol. The molecule has 1 aromatic carbocycles. The van der Waals surface area contributed by atoms with Crippen LogP contribution >= 0.6 is 0 Å². The molecular weight excluding hydrogens is 332 g/mol. The molecule has 0 saturated heterocycles. The summed E-state index contributed by atoms with van der Waals surface area (Å²) < 4.78 is 0. The molecule has 1 aromatic heterocycles. The Morgan fingerprint density at radius 3 is 2.54 bits per heavy atom. The van der Waals surface area contributed by atoms with Gasteiger partial charge in [0.25, 0.3) is 5.91 Å². The number of nitrogens with zero attached hydrogens (tertiary/aromatic N) is 2. The average molecular weight is 358 g/mol. The number of rotatable bonds is 3. The maximum Gasteiger partial charge on any atom is 0.407 e. The van der Waals surface area contributed by atoms with Crippen molar-refractivity contribution in [3.05, 3.63) is 30.0 Å². The summed E-state index contributed by atoms with van der Waals surface area (Å²) in [4.78, 5) is 25.7. The fourth-order valence-electron chi connectivity index (χ4n) is 3.82. The van der Waals surface area contributed by atoms with Gasteiger partial charge < -0.3 is 15.3 Å². The molecule has 1 aliphatic rings. The number of fused-ring (bicyclic) bond motifs is 1. The maximum absolute atomic E-state index is 12.5. The van der Waals surface area contributed by atoms with Crippen LogP contribution in [0.3, 0.4) is 0 Å². The van der Waals surface area contributed by atoms with Gasteiger partial charge in [0.2, 0.25) is 0 Å². The molecule has 0 spiro atoms. The minimum Gasteiger partial charge on any atom is -0.465 e. The zero-order valence-electron chi connectivity index (χ0n) is 15.5. The van der Waals surface area contributed by atoms with Crippen molar-refractivity contribution in [2.24, 2.45) is 0 Å². The highest BCUT2D eigenvalue weighted by Crippen LogP contribution is 2.29. The maximum atomic E-state index is 12.5. The fourth-order valence-corrected chi connectivity index (χ4v) is 3.82. The van der Waals surface area contributed by atoms with Crippen LogP contribution in [0.2, 0.25) is 0 Å². The van der Waals surface area contributed by atoms with Crippen LogP contribution in [-0.4, -0.2) is 49.8 Å². The van der Waals surface area contributed by atoms with Crippen molar-refractivity contribution in [3.8, 4) is 0 Å².